The topological polar surface area (TPSA) is 54.4 Å². The summed E-state index contributed by atoms with van der Waals surface area (Å²) < 4.78 is 0. The van der Waals surface area contributed by atoms with Crippen LogP contribution in [0.5, 0.6) is 0 Å². The van der Waals surface area contributed by atoms with Gasteiger partial charge in [0, 0.05) is 6.42 Å². The monoisotopic (exact) mass is 128 g/mol. The minimum atomic E-state index is -0.824. The molecule has 0 unspecified atom stereocenters. The second-order valence-electron chi connectivity index (χ2n) is 2.46. The van der Waals surface area contributed by atoms with Gasteiger partial charge in [-0.3, -0.25) is 4.79 Å². The van der Waals surface area contributed by atoms with E-state index in [0.717, 1.165) is 0 Å². The van der Waals surface area contributed by atoms with Crippen molar-refractivity contribution in [3.05, 3.63) is 0 Å². The van der Waals surface area contributed by atoms with Crippen molar-refractivity contribution in [3.8, 4) is 0 Å². The Kier molecular flexibility index (Phi) is 1.27. The van der Waals surface area contributed by atoms with Crippen LogP contribution in [0.25, 0.3) is 0 Å². The van der Waals surface area contributed by atoms with Crippen molar-refractivity contribution in [2.24, 2.45) is 5.41 Å². The van der Waals surface area contributed by atoms with Crippen LogP contribution in [0, 0.1) is 5.41 Å². The standard InChI is InChI=1S/C6H8O3/c7-4-3-6(1-2-6)5(8)9/h4H,1-3H2,(H,8,9). The first kappa shape index (κ1) is 6.26. The zero-order valence-corrected chi connectivity index (χ0v) is 4.96. The summed E-state index contributed by atoms with van der Waals surface area (Å²) in [6, 6.07) is 0. The van der Waals surface area contributed by atoms with E-state index in [4.69, 9.17) is 5.11 Å². The first-order valence-corrected chi connectivity index (χ1v) is 2.88. The van der Waals surface area contributed by atoms with Crippen LogP contribution in [0.3, 0.4) is 0 Å². The van der Waals surface area contributed by atoms with Gasteiger partial charge in [0.1, 0.15) is 6.29 Å². The molecular formula is C6H8O3. The van der Waals surface area contributed by atoms with Gasteiger partial charge >= 0.3 is 5.97 Å². The molecule has 0 radical (unpaired) electrons. The zero-order valence-electron chi connectivity index (χ0n) is 4.96. The Hall–Kier alpha value is -0.860. The highest BCUT2D eigenvalue weighted by Gasteiger charge is 2.49. The Morgan fingerprint density at radius 1 is 1.67 bits per heavy atom. The first-order chi connectivity index (χ1) is 4.21. The average molecular weight is 128 g/mol. The van der Waals surface area contributed by atoms with Gasteiger partial charge < -0.3 is 9.90 Å². The lowest BCUT2D eigenvalue weighted by molar-refractivity contribution is -0.144. The van der Waals surface area contributed by atoms with Gasteiger partial charge in [-0.15, -0.1) is 0 Å². The quantitative estimate of drug-likeness (QED) is 0.561. The number of carbonyl (C=O) groups excluding carboxylic acids is 1. The molecule has 1 N–H and O–H groups in total. The molecule has 0 saturated heterocycles. The minimum Gasteiger partial charge on any atom is -0.481 e. The maximum absolute atomic E-state index is 10.3. The summed E-state index contributed by atoms with van der Waals surface area (Å²) in [5, 5.41) is 8.48. The van der Waals surface area contributed by atoms with Gasteiger partial charge in [-0.05, 0) is 12.8 Å². The van der Waals surface area contributed by atoms with Crippen LogP contribution in [-0.4, -0.2) is 17.4 Å². The lowest BCUT2D eigenvalue weighted by Crippen LogP contribution is -2.14. The van der Waals surface area contributed by atoms with Crippen molar-refractivity contribution in [3.63, 3.8) is 0 Å². The van der Waals surface area contributed by atoms with Gasteiger partial charge in [0.2, 0.25) is 0 Å². The highest BCUT2D eigenvalue weighted by Crippen LogP contribution is 2.48. The molecule has 1 fully saturated rings. The van der Waals surface area contributed by atoms with Crippen LogP contribution < -0.4 is 0 Å². The van der Waals surface area contributed by atoms with E-state index in [2.05, 4.69) is 0 Å². The highest BCUT2D eigenvalue weighted by atomic mass is 16.4. The van der Waals surface area contributed by atoms with E-state index in [-0.39, 0.29) is 6.42 Å². The molecule has 0 aromatic carbocycles. The Balaban J connectivity index is 2.52. The van der Waals surface area contributed by atoms with E-state index in [1.54, 1.807) is 0 Å². The van der Waals surface area contributed by atoms with Crippen LogP contribution in [0.15, 0.2) is 0 Å². The number of rotatable bonds is 3. The first-order valence-electron chi connectivity index (χ1n) is 2.88. The molecule has 50 valence electrons. The molecule has 0 bridgehead atoms. The summed E-state index contributed by atoms with van der Waals surface area (Å²) in [5.74, 6) is -0.824. The van der Waals surface area contributed by atoms with Crippen LogP contribution in [0.1, 0.15) is 19.3 Å². The van der Waals surface area contributed by atoms with E-state index in [9.17, 15) is 9.59 Å². The fourth-order valence-corrected chi connectivity index (χ4v) is 0.816. The SMILES string of the molecule is O=CCC1(C(=O)O)CC1. The molecule has 0 amide bonds. The predicted octanol–water partition coefficient (Wildman–Crippen LogP) is 0.440. The van der Waals surface area contributed by atoms with E-state index in [1.165, 1.54) is 0 Å². The van der Waals surface area contributed by atoms with Gasteiger partial charge in [-0.1, -0.05) is 0 Å². The molecule has 1 saturated carbocycles. The molecule has 0 aromatic heterocycles. The van der Waals surface area contributed by atoms with Crippen LogP contribution >= 0.6 is 0 Å². The van der Waals surface area contributed by atoms with Gasteiger partial charge in [-0.2, -0.15) is 0 Å². The van der Waals surface area contributed by atoms with Crippen molar-refractivity contribution in [2.75, 3.05) is 0 Å². The Bertz CT molecular complexity index is 146. The van der Waals surface area contributed by atoms with Crippen LogP contribution in [-0.2, 0) is 9.59 Å². The van der Waals surface area contributed by atoms with E-state index in [0.29, 0.717) is 19.1 Å². The molecule has 0 aliphatic heterocycles. The zero-order chi connectivity index (χ0) is 6.91. The molecule has 1 aliphatic rings. The van der Waals surface area contributed by atoms with Crippen molar-refractivity contribution in [1.29, 1.82) is 0 Å². The minimum absolute atomic E-state index is 0.183. The summed E-state index contributed by atoms with van der Waals surface area (Å²) >= 11 is 0. The Labute approximate surface area is 52.7 Å². The van der Waals surface area contributed by atoms with E-state index >= 15 is 0 Å². The lowest BCUT2D eigenvalue weighted by Gasteiger charge is -2.00. The highest BCUT2D eigenvalue weighted by molar-refractivity contribution is 5.80. The number of aldehydes is 1. The molecule has 1 rings (SSSR count). The number of hydrogen-bond donors (Lipinski definition) is 1. The summed E-state index contributed by atoms with van der Waals surface area (Å²) in [6.45, 7) is 0. The maximum atomic E-state index is 10.3. The summed E-state index contributed by atoms with van der Waals surface area (Å²) in [5.41, 5.74) is -0.651. The molecule has 0 spiro atoms. The number of hydrogen-bond acceptors (Lipinski definition) is 2. The second-order valence-corrected chi connectivity index (χ2v) is 2.46. The third-order valence-electron chi connectivity index (χ3n) is 1.78. The van der Waals surface area contributed by atoms with Crippen LogP contribution in [0.4, 0.5) is 0 Å². The Morgan fingerprint density at radius 2 is 2.22 bits per heavy atom. The van der Waals surface area contributed by atoms with Crippen molar-refractivity contribution >= 4 is 12.3 Å². The van der Waals surface area contributed by atoms with Gasteiger partial charge in [0.25, 0.3) is 0 Å². The molecule has 9 heavy (non-hydrogen) atoms. The van der Waals surface area contributed by atoms with Crippen LogP contribution in [0.2, 0.25) is 0 Å². The van der Waals surface area contributed by atoms with Crippen molar-refractivity contribution < 1.29 is 14.7 Å². The normalized spacial score (nSPS) is 20.9. The molecule has 0 atom stereocenters. The van der Waals surface area contributed by atoms with Gasteiger partial charge in [-0.25, -0.2) is 0 Å². The summed E-state index contributed by atoms with van der Waals surface area (Å²) in [4.78, 5) is 20.2. The Morgan fingerprint density at radius 3 is 2.33 bits per heavy atom. The second kappa shape index (κ2) is 1.83. The van der Waals surface area contributed by atoms with Crippen molar-refractivity contribution in [2.45, 2.75) is 19.3 Å². The van der Waals surface area contributed by atoms with E-state index < -0.39 is 11.4 Å². The summed E-state index contributed by atoms with van der Waals surface area (Å²) in [6.07, 6.45) is 2.20. The van der Waals surface area contributed by atoms with Gasteiger partial charge in [0.15, 0.2) is 0 Å². The molecule has 1 aliphatic carbocycles. The number of carboxylic acid groups (broad SMARTS) is 1. The third kappa shape index (κ3) is 0.943. The predicted molar refractivity (Wildman–Crippen MR) is 30.0 cm³/mol. The fraction of sp³-hybridized carbons (Fsp3) is 0.667. The van der Waals surface area contributed by atoms with Crippen molar-refractivity contribution in [1.82, 2.24) is 0 Å². The van der Waals surface area contributed by atoms with Gasteiger partial charge in [0.05, 0.1) is 5.41 Å². The molecular weight excluding hydrogens is 120 g/mol. The fourth-order valence-electron chi connectivity index (χ4n) is 0.816. The number of carbonyl (C=O) groups is 2. The largest absolute Gasteiger partial charge is 0.481 e. The molecule has 3 heteroatoms. The molecule has 0 heterocycles. The van der Waals surface area contributed by atoms with E-state index in [1.807, 2.05) is 0 Å². The number of carboxylic acids is 1. The smallest absolute Gasteiger partial charge is 0.310 e. The average Bonchev–Trinajstić information content (AvgIpc) is 2.49. The summed E-state index contributed by atoms with van der Waals surface area (Å²) in [7, 11) is 0. The third-order valence-corrected chi connectivity index (χ3v) is 1.78. The lowest BCUT2D eigenvalue weighted by atomic mass is 10.1. The number of aliphatic carboxylic acids is 1. The maximum Gasteiger partial charge on any atom is 0.310 e. The molecule has 0 aromatic rings. The molecule has 3 nitrogen and oxygen atoms in total.